The number of hydrogen-bond acceptors (Lipinski definition) is 3. The van der Waals surface area contributed by atoms with Crippen LogP contribution in [-0.2, 0) is 6.54 Å². The van der Waals surface area contributed by atoms with Gasteiger partial charge in [-0.05, 0) is 29.8 Å². The zero-order valence-corrected chi connectivity index (χ0v) is 12.8. The zero-order valence-electron chi connectivity index (χ0n) is 12.1. The van der Waals surface area contributed by atoms with Crippen LogP contribution in [0.4, 0.5) is 8.78 Å². The van der Waals surface area contributed by atoms with Crippen molar-refractivity contribution < 1.29 is 18.7 Å². The molecule has 0 atom stereocenters. The predicted molar refractivity (Wildman–Crippen MR) is 82.9 cm³/mol. The molecular weight excluding hydrogens is 340 g/mol. The average molecular weight is 350 g/mol. The summed E-state index contributed by atoms with van der Waals surface area (Å²) < 4.78 is 28.3. The number of nitrogens with zero attached hydrogens (tertiary/aromatic N) is 3. The van der Waals surface area contributed by atoms with Crippen molar-refractivity contribution in [1.82, 2.24) is 15.0 Å². The normalized spacial score (nSPS) is 10.8. The third-order valence-corrected chi connectivity index (χ3v) is 3.53. The van der Waals surface area contributed by atoms with E-state index in [0.29, 0.717) is 11.1 Å². The number of carbonyl (C=O) groups is 1. The van der Waals surface area contributed by atoms with Crippen molar-refractivity contribution in [3.8, 4) is 11.3 Å². The van der Waals surface area contributed by atoms with Crippen molar-refractivity contribution in [2.24, 2.45) is 0 Å². The van der Waals surface area contributed by atoms with Crippen molar-refractivity contribution in [3.05, 3.63) is 70.4 Å². The van der Waals surface area contributed by atoms with Crippen LogP contribution in [0.1, 0.15) is 16.1 Å². The molecule has 0 saturated carbocycles. The smallest absolute Gasteiger partial charge is 0.358 e. The van der Waals surface area contributed by atoms with Gasteiger partial charge in [-0.25, -0.2) is 18.3 Å². The number of aromatic carboxylic acids is 1. The minimum atomic E-state index is -1.34. The lowest BCUT2D eigenvalue weighted by molar-refractivity contribution is 0.0691. The molecule has 0 radical (unpaired) electrons. The maximum atomic E-state index is 13.5. The molecule has 0 fully saturated rings. The third-order valence-electron chi connectivity index (χ3n) is 3.30. The Morgan fingerprint density at radius 2 is 1.88 bits per heavy atom. The van der Waals surface area contributed by atoms with Gasteiger partial charge in [-0.3, -0.25) is 0 Å². The van der Waals surface area contributed by atoms with Crippen molar-refractivity contribution in [3.63, 3.8) is 0 Å². The summed E-state index contributed by atoms with van der Waals surface area (Å²) in [6.45, 7) is 0.147. The molecule has 122 valence electrons. The van der Waals surface area contributed by atoms with Gasteiger partial charge in [-0.1, -0.05) is 28.9 Å². The van der Waals surface area contributed by atoms with Gasteiger partial charge < -0.3 is 5.11 Å². The minimum Gasteiger partial charge on any atom is -0.476 e. The van der Waals surface area contributed by atoms with E-state index in [2.05, 4.69) is 10.3 Å². The average Bonchev–Trinajstić information content (AvgIpc) is 2.90. The Labute approximate surface area is 140 Å². The molecule has 0 aliphatic rings. The molecule has 1 heterocycles. The molecule has 5 nitrogen and oxygen atoms in total. The number of rotatable bonds is 4. The molecular formula is C16H10ClF2N3O2. The van der Waals surface area contributed by atoms with Crippen molar-refractivity contribution in [2.75, 3.05) is 0 Å². The maximum absolute atomic E-state index is 13.5. The zero-order chi connectivity index (χ0) is 17.3. The van der Waals surface area contributed by atoms with Crippen molar-refractivity contribution >= 4 is 17.6 Å². The maximum Gasteiger partial charge on any atom is 0.358 e. The summed E-state index contributed by atoms with van der Waals surface area (Å²) in [6.07, 6.45) is 0. The van der Waals surface area contributed by atoms with Gasteiger partial charge >= 0.3 is 5.97 Å². The molecule has 0 bridgehead atoms. The van der Waals surface area contributed by atoms with E-state index in [1.165, 1.54) is 4.68 Å². The Kier molecular flexibility index (Phi) is 4.26. The first-order valence-electron chi connectivity index (χ1n) is 6.82. The lowest BCUT2D eigenvalue weighted by Gasteiger charge is -2.08. The SMILES string of the molecule is O=C(O)c1nnn(Cc2cccc(Cl)c2)c1-c1cc(F)cc(F)c1. The summed E-state index contributed by atoms with van der Waals surface area (Å²) in [6, 6.07) is 9.64. The number of aromatic nitrogens is 3. The van der Waals surface area contributed by atoms with Gasteiger partial charge in [-0.15, -0.1) is 5.10 Å². The van der Waals surface area contributed by atoms with Crippen LogP contribution < -0.4 is 0 Å². The highest BCUT2D eigenvalue weighted by Crippen LogP contribution is 2.25. The third kappa shape index (κ3) is 3.26. The van der Waals surface area contributed by atoms with Crippen LogP contribution in [0.15, 0.2) is 42.5 Å². The molecule has 3 rings (SSSR count). The largest absolute Gasteiger partial charge is 0.476 e. The van der Waals surface area contributed by atoms with Crippen LogP contribution in [-0.4, -0.2) is 26.1 Å². The molecule has 0 spiro atoms. The Balaban J connectivity index is 2.12. The van der Waals surface area contributed by atoms with E-state index in [0.717, 1.165) is 17.7 Å². The van der Waals surface area contributed by atoms with E-state index < -0.39 is 17.6 Å². The molecule has 3 aromatic rings. The van der Waals surface area contributed by atoms with E-state index in [9.17, 15) is 18.7 Å². The Morgan fingerprint density at radius 3 is 2.50 bits per heavy atom. The summed E-state index contributed by atoms with van der Waals surface area (Å²) in [5.74, 6) is -2.99. The van der Waals surface area contributed by atoms with E-state index in [1.54, 1.807) is 24.3 Å². The van der Waals surface area contributed by atoms with Crippen LogP contribution in [0.3, 0.4) is 0 Å². The summed E-state index contributed by atoms with van der Waals surface area (Å²) >= 11 is 5.93. The second-order valence-electron chi connectivity index (χ2n) is 5.04. The fourth-order valence-corrected chi connectivity index (χ4v) is 2.57. The summed E-state index contributed by atoms with van der Waals surface area (Å²) in [5, 5.41) is 17.2. The van der Waals surface area contributed by atoms with Crippen LogP contribution in [0, 0.1) is 11.6 Å². The molecule has 8 heteroatoms. The highest BCUT2D eigenvalue weighted by Gasteiger charge is 2.22. The van der Waals surface area contributed by atoms with Crippen LogP contribution in [0.25, 0.3) is 11.3 Å². The van der Waals surface area contributed by atoms with E-state index in [4.69, 9.17) is 11.6 Å². The van der Waals surface area contributed by atoms with Gasteiger partial charge in [0.25, 0.3) is 0 Å². The number of carboxylic acid groups (broad SMARTS) is 1. The molecule has 24 heavy (non-hydrogen) atoms. The van der Waals surface area contributed by atoms with Crippen LogP contribution >= 0.6 is 11.6 Å². The summed E-state index contributed by atoms with van der Waals surface area (Å²) in [7, 11) is 0. The summed E-state index contributed by atoms with van der Waals surface area (Å²) in [4.78, 5) is 11.4. The van der Waals surface area contributed by atoms with Crippen molar-refractivity contribution in [1.29, 1.82) is 0 Å². The van der Waals surface area contributed by atoms with Gasteiger partial charge in [0.2, 0.25) is 0 Å². The number of hydrogen-bond donors (Lipinski definition) is 1. The molecule has 1 aromatic heterocycles. The highest BCUT2D eigenvalue weighted by molar-refractivity contribution is 6.30. The van der Waals surface area contributed by atoms with Gasteiger partial charge in [0, 0.05) is 16.7 Å². The minimum absolute atomic E-state index is 0.0147. The van der Waals surface area contributed by atoms with Crippen LogP contribution in [0.5, 0.6) is 0 Å². The molecule has 0 amide bonds. The first-order chi connectivity index (χ1) is 11.4. The molecule has 0 aliphatic carbocycles. The van der Waals surface area contributed by atoms with Crippen LogP contribution in [0.2, 0.25) is 5.02 Å². The molecule has 1 N–H and O–H groups in total. The Bertz CT molecular complexity index is 907. The quantitative estimate of drug-likeness (QED) is 0.781. The topological polar surface area (TPSA) is 68.0 Å². The van der Waals surface area contributed by atoms with E-state index >= 15 is 0 Å². The van der Waals surface area contributed by atoms with E-state index in [1.807, 2.05) is 0 Å². The lowest BCUT2D eigenvalue weighted by Crippen LogP contribution is -2.06. The molecule has 0 aliphatic heterocycles. The fraction of sp³-hybridized carbons (Fsp3) is 0.0625. The number of carboxylic acids is 1. The van der Waals surface area contributed by atoms with Gasteiger partial charge in [0.15, 0.2) is 5.69 Å². The van der Waals surface area contributed by atoms with Gasteiger partial charge in [0.05, 0.1) is 6.54 Å². The number of halogens is 3. The monoisotopic (exact) mass is 349 g/mol. The first-order valence-corrected chi connectivity index (χ1v) is 7.19. The molecule has 0 unspecified atom stereocenters. The standard InChI is InChI=1S/C16H10ClF2N3O2/c17-11-3-1-2-9(4-11)8-22-15(14(16(23)24)20-21-22)10-5-12(18)7-13(19)6-10/h1-7H,8H2,(H,23,24). The fourth-order valence-electron chi connectivity index (χ4n) is 2.35. The highest BCUT2D eigenvalue weighted by atomic mass is 35.5. The Hall–Kier alpha value is -2.80. The second-order valence-corrected chi connectivity index (χ2v) is 5.47. The first kappa shape index (κ1) is 16.1. The molecule has 2 aromatic carbocycles. The lowest BCUT2D eigenvalue weighted by atomic mass is 10.1. The molecule has 0 saturated heterocycles. The number of benzene rings is 2. The van der Waals surface area contributed by atoms with Gasteiger partial charge in [0.1, 0.15) is 17.3 Å². The Morgan fingerprint density at radius 1 is 1.17 bits per heavy atom. The predicted octanol–water partition coefficient (Wildman–Crippen LogP) is 3.62. The van der Waals surface area contributed by atoms with Crippen molar-refractivity contribution in [2.45, 2.75) is 6.54 Å². The summed E-state index contributed by atoms with van der Waals surface area (Å²) in [5.41, 5.74) is 0.405. The van der Waals surface area contributed by atoms with E-state index in [-0.39, 0.29) is 23.5 Å². The van der Waals surface area contributed by atoms with Gasteiger partial charge in [-0.2, -0.15) is 0 Å². The second kappa shape index (κ2) is 6.37.